The molecule has 1 aliphatic rings. The van der Waals surface area contributed by atoms with E-state index in [9.17, 15) is 18.3 Å². The summed E-state index contributed by atoms with van der Waals surface area (Å²) in [5, 5.41) is 9.79. The van der Waals surface area contributed by atoms with Crippen molar-refractivity contribution >= 4 is 21.6 Å². The van der Waals surface area contributed by atoms with E-state index in [0.29, 0.717) is 25.4 Å². The first-order valence-electron chi connectivity index (χ1n) is 11.5. The number of hydrogen-bond acceptors (Lipinski definition) is 7. The summed E-state index contributed by atoms with van der Waals surface area (Å²) in [5.41, 5.74) is 1.67. The molecule has 1 amide bonds. The highest BCUT2D eigenvalue weighted by Gasteiger charge is 2.33. The summed E-state index contributed by atoms with van der Waals surface area (Å²) in [6.07, 6.45) is 0.811. The van der Waals surface area contributed by atoms with Crippen LogP contribution in [-0.4, -0.2) is 81.5 Å². The number of nitrogens with one attached hydrogen (secondary N) is 1. The molecule has 2 aromatic rings. The Hall–Kier alpha value is -2.82. The number of aliphatic hydroxyl groups is 1. The van der Waals surface area contributed by atoms with E-state index in [2.05, 4.69) is 9.62 Å². The lowest BCUT2D eigenvalue weighted by atomic mass is 9.99. The second-order valence-electron chi connectivity index (χ2n) is 9.25. The molecule has 0 unspecified atom stereocenters. The maximum atomic E-state index is 13.4. The molecule has 0 fully saturated rings. The predicted octanol–water partition coefficient (Wildman–Crippen LogP) is 2.42. The number of benzene rings is 2. The molecule has 35 heavy (non-hydrogen) atoms. The maximum absolute atomic E-state index is 13.4. The molecule has 2 aromatic carbocycles. The van der Waals surface area contributed by atoms with Gasteiger partial charge in [0.15, 0.2) is 0 Å². The Morgan fingerprint density at radius 1 is 1.26 bits per heavy atom. The second kappa shape index (κ2) is 11.3. The van der Waals surface area contributed by atoms with Gasteiger partial charge in [-0.05, 0) is 49.9 Å². The topological polar surface area (TPSA) is 108 Å². The molecule has 3 rings (SSSR count). The van der Waals surface area contributed by atoms with Crippen molar-refractivity contribution in [3.05, 3.63) is 53.6 Å². The van der Waals surface area contributed by atoms with Crippen LogP contribution in [0, 0.1) is 5.92 Å². The molecule has 2 N–H and O–H groups in total. The van der Waals surface area contributed by atoms with Crippen LogP contribution in [0.4, 0.5) is 5.69 Å². The van der Waals surface area contributed by atoms with Gasteiger partial charge in [-0.25, -0.2) is 8.42 Å². The van der Waals surface area contributed by atoms with E-state index in [1.54, 1.807) is 31.1 Å². The lowest BCUT2D eigenvalue weighted by Gasteiger charge is -2.38. The summed E-state index contributed by atoms with van der Waals surface area (Å²) in [7, 11) is 0.137. The highest BCUT2D eigenvalue weighted by atomic mass is 32.2. The van der Waals surface area contributed by atoms with E-state index < -0.39 is 16.1 Å². The minimum Gasteiger partial charge on any atom is -0.497 e. The lowest BCUT2D eigenvalue weighted by molar-refractivity contribution is 0.0341. The molecule has 0 saturated carbocycles. The van der Waals surface area contributed by atoms with Gasteiger partial charge >= 0.3 is 0 Å². The number of hydrogen-bond donors (Lipinski definition) is 2. The van der Waals surface area contributed by atoms with Crippen LogP contribution in [0.1, 0.15) is 29.8 Å². The van der Waals surface area contributed by atoms with Crippen LogP contribution in [0.25, 0.3) is 0 Å². The van der Waals surface area contributed by atoms with Crippen LogP contribution in [0.3, 0.4) is 0 Å². The van der Waals surface area contributed by atoms with Crippen LogP contribution >= 0.6 is 0 Å². The number of methoxy groups -OCH3 is 1. The first-order chi connectivity index (χ1) is 16.5. The third-order valence-corrected chi connectivity index (χ3v) is 6.68. The van der Waals surface area contributed by atoms with Gasteiger partial charge in [0.25, 0.3) is 5.91 Å². The number of likely N-dealkylation sites (N-methyl/N-ethyl adjacent to an activating group) is 1. The smallest absolute Gasteiger partial charge is 0.258 e. The Balaban J connectivity index is 1.88. The Bertz CT molecular complexity index is 1120. The predicted molar refractivity (Wildman–Crippen MR) is 135 cm³/mol. The SMILES string of the molecule is COc1ccc(CN(C)C[C@H]2Oc3ccc(NS(C)(=O)=O)cc3C(=O)N([C@@H](C)CO)C[C@H]2C)cc1. The molecule has 10 heteroatoms. The highest BCUT2D eigenvalue weighted by Crippen LogP contribution is 2.31. The zero-order valence-corrected chi connectivity index (χ0v) is 21.7. The summed E-state index contributed by atoms with van der Waals surface area (Å²) in [6.45, 7) is 5.33. The standard InChI is InChI=1S/C25H35N3O6S/c1-17-13-28(18(2)16-29)25(30)22-12-20(26-35(5,31)32)8-11-23(22)34-24(17)15-27(3)14-19-6-9-21(33-4)10-7-19/h6-12,17-18,24,26,29H,13-16H2,1-5H3/t17-,18+,24-/m1/s1. The third kappa shape index (κ3) is 7.09. The number of sulfonamides is 1. The Morgan fingerprint density at radius 3 is 2.54 bits per heavy atom. The zero-order chi connectivity index (χ0) is 25.8. The minimum absolute atomic E-state index is 0.0201. The molecule has 0 bridgehead atoms. The number of anilines is 1. The van der Waals surface area contributed by atoms with Crippen LogP contribution < -0.4 is 14.2 Å². The molecule has 0 spiro atoms. The molecule has 3 atom stereocenters. The maximum Gasteiger partial charge on any atom is 0.258 e. The van der Waals surface area contributed by atoms with Crippen molar-refractivity contribution in [2.24, 2.45) is 5.92 Å². The van der Waals surface area contributed by atoms with Gasteiger partial charge in [-0.1, -0.05) is 19.1 Å². The Morgan fingerprint density at radius 2 is 1.94 bits per heavy atom. The molecule has 192 valence electrons. The van der Waals surface area contributed by atoms with E-state index in [4.69, 9.17) is 9.47 Å². The molecule has 1 heterocycles. The zero-order valence-electron chi connectivity index (χ0n) is 20.9. The monoisotopic (exact) mass is 505 g/mol. The van der Waals surface area contributed by atoms with Crippen molar-refractivity contribution in [2.45, 2.75) is 32.5 Å². The van der Waals surface area contributed by atoms with Crippen molar-refractivity contribution in [3.63, 3.8) is 0 Å². The Labute approximate surface area is 207 Å². The quantitative estimate of drug-likeness (QED) is 0.539. The third-order valence-electron chi connectivity index (χ3n) is 6.07. The largest absolute Gasteiger partial charge is 0.497 e. The van der Waals surface area contributed by atoms with Crippen LogP contribution in [0.5, 0.6) is 11.5 Å². The summed E-state index contributed by atoms with van der Waals surface area (Å²) >= 11 is 0. The van der Waals surface area contributed by atoms with Crippen molar-refractivity contribution < 1.29 is 27.8 Å². The van der Waals surface area contributed by atoms with Crippen molar-refractivity contribution in [1.29, 1.82) is 0 Å². The van der Waals surface area contributed by atoms with Crippen molar-refractivity contribution in [3.8, 4) is 11.5 Å². The summed E-state index contributed by atoms with van der Waals surface area (Å²) < 4.78 is 37.4. The van der Waals surface area contributed by atoms with E-state index >= 15 is 0 Å². The number of carbonyl (C=O) groups is 1. The van der Waals surface area contributed by atoms with Gasteiger partial charge in [0, 0.05) is 31.2 Å². The van der Waals surface area contributed by atoms with Crippen molar-refractivity contribution in [2.75, 3.05) is 44.8 Å². The highest BCUT2D eigenvalue weighted by molar-refractivity contribution is 7.92. The average Bonchev–Trinajstić information content (AvgIpc) is 2.80. The lowest BCUT2D eigenvalue weighted by Crippen LogP contribution is -2.49. The van der Waals surface area contributed by atoms with Gasteiger partial charge in [-0.15, -0.1) is 0 Å². The van der Waals surface area contributed by atoms with Gasteiger partial charge in [0.2, 0.25) is 10.0 Å². The van der Waals surface area contributed by atoms with Gasteiger partial charge < -0.3 is 19.5 Å². The molecule has 0 saturated heterocycles. The molecule has 0 aromatic heterocycles. The number of aliphatic hydroxyl groups excluding tert-OH is 1. The van der Waals surface area contributed by atoms with Gasteiger partial charge in [0.05, 0.1) is 31.6 Å². The van der Waals surface area contributed by atoms with Crippen LogP contribution in [0.15, 0.2) is 42.5 Å². The second-order valence-corrected chi connectivity index (χ2v) is 11.0. The van der Waals surface area contributed by atoms with E-state index in [1.807, 2.05) is 38.2 Å². The Kier molecular flexibility index (Phi) is 8.63. The first kappa shape index (κ1) is 26.8. The molecule has 1 aliphatic heterocycles. The van der Waals surface area contributed by atoms with Crippen molar-refractivity contribution in [1.82, 2.24) is 9.80 Å². The first-order valence-corrected chi connectivity index (χ1v) is 13.4. The fourth-order valence-corrected chi connectivity index (χ4v) is 4.69. The van der Waals surface area contributed by atoms with Crippen LogP contribution in [-0.2, 0) is 16.6 Å². The molecular formula is C25H35N3O6S. The number of ether oxygens (including phenoxy) is 2. The average molecular weight is 506 g/mol. The molecular weight excluding hydrogens is 470 g/mol. The van der Waals surface area contributed by atoms with Crippen LogP contribution in [0.2, 0.25) is 0 Å². The fraction of sp³-hybridized carbons (Fsp3) is 0.480. The minimum atomic E-state index is -3.51. The van der Waals surface area contributed by atoms with Gasteiger partial charge in [0.1, 0.15) is 17.6 Å². The van der Waals surface area contributed by atoms with Gasteiger partial charge in [-0.3, -0.25) is 14.4 Å². The summed E-state index contributed by atoms with van der Waals surface area (Å²) in [4.78, 5) is 17.2. The number of amides is 1. The number of rotatable bonds is 9. The van der Waals surface area contributed by atoms with E-state index in [1.165, 1.54) is 6.07 Å². The molecule has 9 nitrogen and oxygen atoms in total. The summed E-state index contributed by atoms with van der Waals surface area (Å²) in [5.74, 6) is 0.861. The fourth-order valence-electron chi connectivity index (χ4n) is 4.13. The summed E-state index contributed by atoms with van der Waals surface area (Å²) in [6, 6.07) is 12.2. The van der Waals surface area contributed by atoms with Gasteiger partial charge in [-0.2, -0.15) is 0 Å². The number of fused-ring (bicyclic) bond motifs is 1. The molecule has 0 aliphatic carbocycles. The molecule has 0 radical (unpaired) electrons. The van der Waals surface area contributed by atoms with E-state index in [-0.39, 0.29) is 35.8 Å². The normalized spacial score (nSPS) is 19.4. The van der Waals surface area contributed by atoms with E-state index in [0.717, 1.165) is 17.6 Å². The number of carbonyl (C=O) groups excluding carboxylic acids is 1. The number of nitrogens with zero attached hydrogens (tertiary/aromatic N) is 2.